The van der Waals surface area contributed by atoms with Crippen molar-refractivity contribution in [3.63, 3.8) is 0 Å². The summed E-state index contributed by atoms with van der Waals surface area (Å²) in [4.78, 5) is 29.2. The first kappa shape index (κ1) is 32.2. The number of benzene rings is 3. The van der Waals surface area contributed by atoms with Crippen LogP contribution in [0.15, 0.2) is 71.6 Å². The highest BCUT2D eigenvalue weighted by molar-refractivity contribution is 7.92. The molecule has 3 aromatic rings. The van der Waals surface area contributed by atoms with E-state index in [-0.39, 0.29) is 23.4 Å². The topological polar surface area (TPSA) is 86.8 Å². The predicted octanol–water partition coefficient (Wildman–Crippen LogP) is 6.18. The lowest BCUT2D eigenvalue weighted by atomic mass is 10.1. The summed E-state index contributed by atoms with van der Waals surface area (Å²) in [6.07, 6.45) is 1.07. The number of anilines is 1. The largest absolute Gasteiger partial charge is 0.352 e. The van der Waals surface area contributed by atoms with Gasteiger partial charge < -0.3 is 10.2 Å². The molecule has 0 radical (unpaired) electrons. The van der Waals surface area contributed by atoms with E-state index in [1.54, 1.807) is 54.6 Å². The molecule has 0 unspecified atom stereocenters. The molecular weight excluding hydrogens is 558 g/mol. The highest BCUT2D eigenvalue weighted by atomic mass is 35.5. The van der Waals surface area contributed by atoms with Gasteiger partial charge in [-0.25, -0.2) is 8.42 Å². The van der Waals surface area contributed by atoms with Gasteiger partial charge in [-0.05, 0) is 81.5 Å². The summed E-state index contributed by atoms with van der Waals surface area (Å²) in [6.45, 7) is 10.9. The van der Waals surface area contributed by atoms with Gasteiger partial charge in [0.2, 0.25) is 11.8 Å². The molecule has 3 aromatic carbocycles. The van der Waals surface area contributed by atoms with Gasteiger partial charge in [-0.1, -0.05) is 73.5 Å². The molecule has 2 atom stereocenters. The van der Waals surface area contributed by atoms with E-state index in [9.17, 15) is 18.0 Å². The number of halogens is 1. The van der Waals surface area contributed by atoms with E-state index in [0.29, 0.717) is 22.7 Å². The van der Waals surface area contributed by atoms with Crippen molar-refractivity contribution < 1.29 is 18.0 Å². The molecule has 7 nitrogen and oxygen atoms in total. The fraction of sp³-hybridized carbons (Fsp3) is 0.375. The second kappa shape index (κ2) is 14.0. The van der Waals surface area contributed by atoms with Crippen molar-refractivity contribution >= 4 is 39.1 Å². The summed E-state index contributed by atoms with van der Waals surface area (Å²) in [5, 5.41) is 3.44. The lowest BCUT2D eigenvalue weighted by molar-refractivity contribution is -0.140. The van der Waals surface area contributed by atoms with Crippen LogP contribution < -0.4 is 9.62 Å². The maximum absolute atomic E-state index is 14.2. The van der Waals surface area contributed by atoms with Crippen LogP contribution in [0.2, 0.25) is 5.02 Å². The number of carbonyl (C=O) groups is 2. The van der Waals surface area contributed by atoms with Crippen molar-refractivity contribution in [1.82, 2.24) is 10.2 Å². The summed E-state index contributed by atoms with van der Waals surface area (Å²) in [7, 11) is -4.14. The Morgan fingerprint density at radius 2 is 1.56 bits per heavy atom. The first-order chi connectivity index (χ1) is 19.4. The van der Waals surface area contributed by atoms with Gasteiger partial charge in [0.1, 0.15) is 12.6 Å². The summed E-state index contributed by atoms with van der Waals surface area (Å²) in [6, 6.07) is 18.1. The SMILES string of the molecule is CC[C@@H](C)NC(=O)[C@@H](CC)N(Cc1ccccc1Cl)C(=O)CN(c1cccc(C)c1C)S(=O)(=O)c1ccc(C)cc1. The Balaban J connectivity index is 2.11. The molecule has 0 aliphatic carbocycles. The Hall–Kier alpha value is -3.36. The number of hydrogen-bond donors (Lipinski definition) is 1. The molecule has 2 amide bonds. The maximum Gasteiger partial charge on any atom is 0.264 e. The summed E-state index contributed by atoms with van der Waals surface area (Å²) in [5.41, 5.74) is 3.63. The molecule has 41 heavy (non-hydrogen) atoms. The number of carbonyl (C=O) groups excluding carboxylic acids is 2. The zero-order chi connectivity index (χ0) is 30.3. The average molecular weight is 598 g/mol. The van der Waals surface area contributed by atoms with Crippen LogP contribution in [0.25, 0.3) is 0 Å². The predicted molar refractivity (Wildman–Crippen MR) is 166 cm³/mol. The van der Waals surface area contributed by atoms with E-state index >= 15 is 0 Å². The van der Waals surface area contributed by atoms with E-state index < -0.39 is 28.5 Å². The zero-order valence-electron chi connectivity index (χ0n) is 24.6. The number of rotatable bonds is 12. The van der Waals surface area contributed by atoms with Gasteiger partial charge in [0.05, 0.1) is 10.6 Å². The van der Waals surface area contributed by atoms with Crippen LogP contribution in [0.3, 0.4) is 0 Å². The molecule has 0 bridgehead atoms. The van der Waals surface area contributed by atoms with Crippen molar-refractivity contribution in [2.75, 3.05) is 10.8 Å². The normalized spacial score (nSPS) is 12.9. The number of aryl methyl sites for hydroxylation is 2. The standard InChI is InChI=1S/C32H40ClN3O4S/c1-7-24(5)34-32(38)29(8-2)35(20-26-13-9-10-14-28(26)33)31(37)21-36(30-15-11-12-23(4)25(30)6)41(39,40)27-18-16-22(3)17-19-27/h9-19,24,29H,7-8,20-21H2,1-6H3,(H,34,38)/t24-,29-/m1/s1. The quantitative estimate of drug-likeness (QED) is 0.270. The Kier molecular flexibility index (Phi) is 11.0. The van der Waals surface area contributed by atoms with Crippen LogP contribution in [-0.2, 0) is 26.2 Å². The Bertz CT molecular complexity index is 1470. The van der Waals surface area contributed by atoms with E-state index in [1.807, 2.05) is 53.7 Å². The lowest BCUT2D eigenvalue weighted by Crippen LogP contribution is -2.53. The van der Waals surface area contributed by atoms with E-state index in [0.717, 1.165) is 27.4 Å². The minimum Gasteiger partial charge on any atom is -0.352 e. The summed E-state index contributed by atoms with van der Waals surface area (Å²) in [5.74, 6) is -0.797. The molecule has 0 aromatic heterocycles. The first-order valence-electron chi connectivity index (χ1n) is 13.9. The van der Waals surface area contributed by atoms with Crippen molar-refractivity contribution in [2.45, 2.75) is 77.9 Å². The molecular formula is C32H40ClN3O4S. The molecule has 0 heterocycles. The highest BCUT2D eigenvalue weighted by Crippen LogP contribution is 2.30. The molecule has 0 fully saturated rings. The van der Waals surface area contributed by atoms with Crippen molar-refractivity contribution in [3.8, 4) is 0 Å². The summed E-state index contributed by atoms with van der Waals surface area (Å²) >= 11 is 6.47. The van der Waals surface area contributed by atoms with Crippen molar-refractivity contribution in [3.05, 3.63) is 94.0 Å². The second-order valence-corrected chi connectivity index (χ2v) is 12.7. The molecule has 9 heteroatoms. The number of nitrogens with zero attached hydrogens (tertiary/aromatic N) is 2. The minimum absolute atomic E-state index is 0.0517. The molecule has 3 rings (SSSR count). The average Bonchev–Trinajstić information content (AvgIpc) is 2.94. The molecule has 1 N–H and O–H groups in total. The van der Waals surface area contributed by atoms with Gasteiger partial charge in [0.25, 0.3) is 10.0 Å². The monoisotopic (exact) mass is 597 g/mol. The van der Waals surface area contributed by atoms with Crippen molar-refractivity contribution in [2.24, 2.45) is 0 Å². The number of nitrogens with one attached hydrogen (secondary N) is 1. The van der Waals surface area contributed by atoms with Gasteiger partial charge in [0.15, 0.2) is 0 Å². The fourth-order valence-corrected chi connectivity index (χ4v) is 6.19. The third-order valence-electron chi connectivity index (χ3n) is 7.42. The third-order valence-corrected chi connectivity index (χ3v) is 9.56. The molecule has 220 valence electrons. The van der Waals surface area contributed by atoms with Gasteiger partial charge in [-0.15, -0.1) is 0 Å². The smallest absolute Gasteiger partial charge is 0.264 e. The molecule has 0 saturated heterocycles. The van der Waals surface area contributed by atoms with E-state index in [2.05, 4.69) is 5.32 Å². The van der Waals surface area contributed by atoms with Crippen LogP contribution in [0, 0.1) is 20.8 Å². The van der Waals surface area contributed by atoms with Crippen LogP contribution >= 0.6 is 11.6 Å². The Labute approximate surface area is 249 Å². The zero-order valence-corrected chi connectivity index (χ0v) is 26.2. The van der Waals surface area contributed by atoms with Crippen LogP contribution in [-0.4, -0.2) is 43.8 Å². The minimum atomic E-state index is -4.14. The lowest BCUT2D eigenvalue weighted by Gasteiger charge is -2.34. The molecule has 0 aliphatic rings. The van der Waals surface area contributed by atoms with Crippen LogP contribution in [0.1, 0.15) is 55.9 Å². The van der Waals surface area contributed by atoms with Gasteiger partial charge in [0, 0.05) is 17.6 Å². The van der Waals surface area contributed by atoms with Crippen LogP contribution in [0.4, 0.5) is 5.69 Å². The highest BCUT2D eigenvalue weighted by Gasteiger charge is 2.34. The molecule has 0 spiro atoms. The number of hydrogen-bond acceptors (Lipinski definition) is 4. The Morgan fingerprint density at radius 1 is 0.902 bits per heavy atom. The third kappa shape index (κ3) is 7.68. The molecule has 0 saturated carbocycles. The van der Waals surface area contributed by atoms with Gasteiger partial charge in [-0.3, -0.25) is 13.9 Å². The van der Waals surface area contributed by atoms with Crippen molar-refractivity contribution in [1.29, 1.82) is 0 Å². The van der Waals surface area contributed by atoms with E-state index in [4.69, 9.17) is 11.6 Å². The number of amides is 2. The van der Waals surface area contributed by atoms with Gasteiger partial charge >= 0.3 is 0 Å². The van der Waals surface area contributed by atoms with Crippen LogP contribution in [0.5, 0.6) is 0 Å². The Morgan fingerprint density at radius 3 is 2.17 bits per heavy atom. The van der Waals surface area contributed by atoms with E-state index in [1.165, 1.54) is 4.90 Å². The number of sulfonamides is 1. The maximum atomic E-state index is 14.2. The summed E-state index contributed by atoms with van der Waals surface area (Å²) < 4.78 is 29.3. The van der Waals surface area contributed by atoms with Gasteiger partial charge in [-0.2, -0.15) is 0 Å². The second-order valence-electron chi connectivity index (χ2n) is 10.4. The first-order valence-corrected chi connectivity index (χ1v) is 15.7. The fourth-order valence-electron chi connectivity index (χ4n) is 4.53. The molecule has 0 aliphatic heterocycles.